The Morgan fingerprint density at radius 2 is 2.32 bits per heavy atom. The highest BCUT2D eigenvalue weighted by Gasteiger charge is 2.56. The second-order valence-electron chi connectivity index (χ2n) is 5.17. The first-order chi connectivity index (χ1) is 10.3. The number of H-pyrrole nitrogens is 1. The van der Waals surface area contributed by atoms with Gasteiger partial charge in [0.25, 0.3) is 5.56 Å². The van der Waals surface area contributed by atoms with Gasteiger partial charge in [-0.3, -0.25) is 9.78 Å². The van der Waals surface area contributed by atoms with Gasteiger partial charge in [-0.15, -0.1) is 5.92 Å². The number of hydrogen-bond acceptors (Lipinski definition) is 7. The van der Waals surface area contributed by atoms with Gasteiger partial charge in [0.2, 0.25) is 0 Å². The lowest BCUT2D eigenvalue weighted by Gasteiger charge is -2.29. The molecule has 1 aromatic rings. The van der Waals surface area contributed by atoms with E-state index >= 15 is 0 Å². The fourth-order valence-electron chi connectivity index (χ4n) is 2.68. The smallest absolute Gasteiger partial charge is 0.347 e. The highest BCUT2D eigenvalue weighted by Crippen LogP contribution is 2.40. The van der Waals surface area contributed by atoms with Gasteiger partial charge in [0.1, 0.15) is 11.7 Å². The molecule has 9 heteroatoms. The Hall–Kier alpha value is -1.99. The maximum absolute atomic E-state index is 11.9. The van der Waals surface area contributed by atoms with E-state index in [1.807, 2.05) is 0 Å². The van der Waals surface area contributed by atoms with Crippen LogP contribution >= 0.6 is 0 Å². The summed E-state index contributed by atoms with van der Waals surface area (Å²) in [5, 5.41) is 23.2. The molecular weight excluding hydrogens is 292 g/mol. The highest BCUT2D eigenvalue weighted by molar-refractivity contribution is 5.24. The maximum Gasteiger partial charge on any atom is 0.347 e. The number of nitrogens with zero attached hydrogens (tertiary/aromatic N) is 2. The summed E-state index contributed by atoms with van der Waals surface area (Å²) in [5.74, 6) is 4.65. The summed E-state index contributed by atoms with van der Waals surface area (Å²) in [4.78, 5) is 25.1. The van der Waals surface area contributed by atoms with Crippen LogP contribution in [0.1, 0.15) is 20.1 Å². The van der Waals surface area contributed by atoms with E-state index in [2.05, 4.69) is 21.9 Å². The van der Waals surface area contributed by atoms with Crippen LogP contribution in [0, 0.1) is 17.8 Å². The molecule has 0 spiro atoms. The normalized spacial score (nSPS) is 32.3. The Morgan fingerprint density at radius 1 is 1.64 bits per heavy atom. The van der Waals surface area contributed by atoms with Gasteiger partial charge in [-0.25, -0.2) is 4.79 Å². The average Bonchev–Trinajstić information content (AvgIpc) is 2.72. The summed E-state index contributed by atoms with van der Waals surface area (Å²) in [5.41, 5.74) is 3.36. The Labute approximate surface area is 125 Å². The van der Waals surface area contributed by atoms with Gasteiger partial charge < -0.3 is 20.7 Å². The number of nitrogens with one attached hydrogen (secondary N) is 1. The fourth-order valence-corrected chi connectivity index (χ4v) is 2.68. The van der Waals surface area contributed by atoms with Crippen molar-refractivity contribution in [1.82, 2.24) is 14.8 Å². The Balaban J connectivity index is 2.59. The van der Waals surface area contributed by atoms with E-state index in [-0.39, 0.29) is 0 Å². The molecule has 22 heavy (non-hydrogen) atoms. The predicted octanol–water partition coefficient (Wildman–Crippen LogP) is -2.46. The third kappa shape index (κ3) is 2.57. The molecular formula is C13H18N4O5. The van der Waals surface area contributed by atoms with Crippen molar-refractivity contribution in [2.75, 3.05) is 6.61 Å². The molecule has 5 atom stereocenters. The molecule has 1 aromatic heterocycles. The van der Waals surface area contributed by atoms with Crippen LogP contribution in [-0.2, 0) is 4.74 Å². The number of aliphatic hydroxyl groups is 2. The molecule has 0 saturated carbocycles. The minimum Gasteiger partial charge on any atom is -0.396 e. The standard InChI is InChI=1S/C13H18N4O5/c1-3-4-13(14)8(6-18)10(7(2)19)22-11(13)17-12(21)16-9(20)5-15-17/h5,7-8,10-11,18-19H,6,14H2,1-2H3,(H,16,20,21)/t7-,8?,10+,11+,13?/m0/s1. The molecule has 120 valence electrons. The van der Waals surface area contributed by atoms with Crippen molar-refractivity contribution < 1.29 is 14.9 Å². The van der Waals surface area contributed by atoms with Gasteiger partial charge in [0.05, 0.1) is 18.8 Å². The number of aliphatic hydroxyl groups excluding tert-OH is 2. The van der Waals surface area contributed by atoms with Gasteiger partial charge >= 0.3 is 5.69 Å². The molecule has 0 radical (unpaired) electrons. The summed E-state index contributed by atoms with van der Waals surface area (Å²) in [6, 6.07) is 0. The van der Waals surface area contributed by atoms with Crippen molar-refractivity contribution in [2.24, 2.45) is 11.7 Å². The predicted molar refractivity (Wildman–Crippen MR) is 75.7 cm³/mol. The fraction of sp³-hybridized carbons (Fsp3) is 0.615. The number of nitrogens with two attached hydrogens (primary N) is 1. The number of aromatic amines is 1. The van der Waals surface area contributed by atoms with Crippen LogP contribution in [0.2, 0.25) is 0 Å². The SMILES string of the molecule is CC#CC1(N)C(CO)[C@@H]([C@H](C)O)O[C@H]1n1ncc(=O)[nH]c1=O. The van der Waals surface area contributed by atoms with Gasteiger partial charge in [0, 0.05) is 5.92 Å². The lowest BCUT2D eigenvalue weighted by molar-refractivity contribution is -0.0749. The minimum absolute atomic E-state index is 0.394. The molecule has 1 saturated heterocycles. The van der Waals surface area contributed by atoms with Crippen LogP contribution in [0.15, 0.2) is 15.8 Å². The third-order valence-corrected chi connectivity index (χ3v) is 3.68. The van der Waals surface area contributed by atoms with E-state index in [1.54, 1.807) is 6.92 Å². The molecule has 2 unspecified atom stereocenters. The van der Waals surface area contributed by atoms with Crippen LogP contribution in [0.3, 0.4) is 0 Å². The number of rotatable bonds is 3. The lowest BCUT2D eigenvalue weighted by Crippen LogP contribution is -2.54. The van der Waals surface area contributed by atoms with Crippen molar-refractivity contribution >= 4 is 0 Å². The van der Waals surface area contributed by atoms with E-state index in [0.29, 0.717) is 0 Å². The molecule has 1 aliphatic heterocycles. The van der Waals surface area contributed by atoms with Crippen molar-refractivity contribution in [1.29, 1.82) is 0 Å². The number of ether oxygens (including phenoxy) is 1. The van der Waals surface area contributed by atoms with Crippen molar-refractivity contribution in [3.8, 4) is 11.8 Å². The number of aromatic nitrogens is 3. The van der Waals surface area contributed by atoms with E-state index in [9.17, 15) is 19.8 Å². The van der Waals surface area contributed by atoms with E-state index in [1.165, 1.54) is 6.92 Å². The maximum atomic E-state index is 11.9. The first kappa shape index (κ1) is 16.4. The molecule has 0 aromatic carbocycles. The second kappa shape index (κ2) is 6.02. The van der Waals surface area contributed by atoms with Gasteiger partial charge in [-0.1, -0.05) is 5.92 Å². The molecule has 9 nitrogen and oxygen atoms in total. The summed E-state index contributed by atoms with van der Waals surface area (Å²) >= 11 is 0. The van der Waals surface area contributed by atoms with Crippen LogP contribution in [0.4, 0.5) is 0 Å². The highest BCUT2D eigenvalue weighted by atomic mass is 16.5. The minimum atomic E-state index is -1.44. The quantitative estimate of drug-likeness (QED) is 0.453. The summed E-state index contributed by atoms with van der Waals surface area (Å²) in [6.45, 7) is 2.65. The molecule has 5 N–H and O–H groups in total. The Bertz CT molecular complexity index is 715. The van der Waals surface area contributed by atoms with Crippen LogP contribution in [0.25, 0.3) is 0 Å². The molecule has 2 rings (SSSR count). The monoisotopic (exact) mass is 310 g/mol. The second-order valence-corrected chi connectivity index (χ2v) is 5.17. The van der Waals surface area contributed by atoms with Crippen molar-refractivity contribution in [3.05, 3.63) is 27.0 Å². The van der Waals surface area contributed by atoms with Gasteiger partial charge in [0.15, 0.2) is 6.23 Å². The van der Waals surface area contributed by atoms with Crippen molar-refractivity contribution in [3.63, 3.8) is 0 Å². The van der Waals surface area contributed by atoms with E-state index in [4.69, 9.17) is 10.5 Å². The summed E-state index contributed by atoms with van der Waals surface area (Å²) in [7, 11) is 0. The zero-order chi connectivity index (χ0) is 16.5. The Kier molecular flexibility index (Phi) is 4.48. The molecule has 0 amide bonds. The first-order valence-corrected chi connectivity index (χ1v) is 6.70. The van der Waals surface area contributed by atoms with E-state index in [0.717, 1.165) is 10.9 Å². The van der Waals surface area contributed by atoms with Crippen LogP contribution in [0.5, 0.6) is 0 Å². The zero-order valence-electron chi connectivity index (χ0n) is 12.2. The summed E-state index contributed by atoms with van der Waals surface area (Å²) in [6.07, 6.45) is -2.02. The van der Waals surface area contributed by atoms with E-state index < -0.39 is 47.7 Å². The largest absolute Gasteiger partial charge is 0.396 e. The van der Waals surface area contributed by atoms with Crippen molar-refractivity contribution in [2.45, 2.75) is 37.8 Å². The molecule has 1 fully saturated rings. The topological polar surface area (TPSA) is 143 Å². The zero-order valence-corrected chi connectivity index (χ0v) is 12.2. The summed E-state index contributed by atoms with van der Waals surface area (Å²) < 4.78 is 6.50. The first-order valence-electron chi connectivity index (χ1n) is 6.70. The molecule has 2 heterocycles. The molecule has 0 bridgehead atoms. The van der Waals surface area contributed by atoms with Crippen LogP contribution in [-0.4, -0.2) is 49.3 Å². The molecule has 0 aliphatic carbocycles. The Morgan fingerprint density at radius 3 is 2.82 bits per heavy atom. The average molecular weight is 310 g/mol. The lowest BCUT2D eigenvalue weighted by atomic mass is 9.82. The molecule has 1 aliphatic rings. The van der Waals surface area contributed by atoms with Gasteiger partial charge in [-0.05, 0) is 13.8 Å². The number of hydrogen-bond donors (Lipinski definition) is 4. The third-order valence-electron chi connectivity index (χ3n) is 3.68. The van der Waals surface area contributed by atoms with Gasteiger partial charge in [-0.2, -0.15) is 9.78 Å². The van der Waals surface area contributed by atoms with Crippen LogP contribution < -0.4 is 17.0 Å².